The van der Waals surface area contributed by atoms with Gasteiger partial charge in [-0.15, -0.1) is 11.3 Å². The van der Waals surface area contributed by atoms with Gasteiger partial charge in [-0.1, -0.05) is 54.2 Å². The Kier molecular flexibility index (Phi) is 7.43. The molecule has 190 valence electrons. The van der Waals surface area contributed by atoms with E-state index in [1.807, 2.05) is 36.4 Å². The van der Waals surface area contributed by atoms with Gasteiger partial charge >= 0.3 is 5.97 Å². The summed E-state index contributed by atoms with van der Waals surface area (Å²) in [6.07, 6.45) is 2.76. The molecule has 0 radical (unpaired) electrons. The van der Waals surface area contributed by atoms with Crippen molar-refractivity contribution >= 4 is 50.9 Å². The van der Waals surface area contributed by atoms with E-state index < -0.39 is 5.97 Å². The van der Waals surface area contributed by atoms with Crippen LogP contribution in [-0.4, -0.2) is 34.3 Å². The van der Waals surface area contributed by atoms with E-state index in [1.54, 1.807) is 13.1 Å². The fourth-order valence-corrected chi connectivity index (χ4v) is 6.99. The van der Waals surface area contributed by atoms with E-state index in [9.17, 15) is 14.4 Å². The first-order chi connectivity index (χ1) is 18.0. The molecule has 2 aromatic heterocycles. The SMILES string of the molecule is COC(=O)c1c(NC(=O)CCSc2nc3ccccc3c(=O)n2C)sc2c1CCC(c1ccccc1)C2. The van der Waals surface area contributed by atoms with E-state index in [2.05, 4.69) is 22.4 Å². The summed E-state index contributed by atoms with van der Waals surface area (Å²) in [7, 11) is 3.05. The van der Waals surface area contributed by atoms with Gasteiger partial charge in [0.15, 0.2) is 5.16 Å². The Labute approximate surface area is 222 Å². The second-order valence-electron chi connectivity index (χ2n) is 8.97. The van der Waals surface area contributed by atoms with Crippen LogP contribution in [-0.2, 0) is 29.4 Å². The first kappa shape index (κ1) is 25.2. The first-order valence-electron chi connectivity index (χ1n) is 12.1. The first-order valence-corrected chi connectivity index (χ1v) is 13.9. The molecule has 1 unspecified atom stereocenters. The molecule has 2 heterocycles. The van der Waals surface area contributed by atoms with E-state index in [1.165, 1.54) is 40.3 Å². The van der Waals surface area contributed by atoms with Crippen molar-refractivity contribution in [3.05, 3.63) is 86.5 Å². The molecule has 1 amide bonds. The Hall–Kier alpha value is -3.43. The summed E-state index contributed by atoms with van der Waals surface area (Å²) >= 11 is 2.83. The van der Waals surface area contributed by atoms with Crippen LogP contribution in [0.2, 0.25) is 0 Å². The molecule has 0 fully saturated rings. The number of methoxy groups -OCH3 is 1. The molecule has 1 N–H and O–H groups in total. The predicted molar refractivity (Wildman–Crippen MR) is 148 cm³/mol. The van der Waals surface area contributed by atoms with E-state index in [0.717, 1.165) is 29.7 Å². The maximum absolute atomic E-state index is 12.9. The largest absolute Gasteiger partial charge is 0.465 e. The number of carbonyl (C=O) groups excluding carboxylic acids is 2. The lowest BCUT2D eigenvalue weighted by molar-refractivity contribution is -0.115. The van der Waals surface area contributed by atoms with Crippen molar-refractivity contribution in [3.63, 3.8) is 0 Å². The quantitative estimate of drug-likeness (QED) is 0.200. The second kappa shape index (κ2) is 10.9. The van der Waals surface area contributed by atoms with Crippen molar-refractivity contribution in [2.45, 2.75) is 36.8 Å². The number of thioether (sulfide) groups is 1. The molecule has 1 atom stereocenters. The number of hydrogen-bond acceptors (Lipinski definition) is 7. The van der Waals surface area contributed by atoms with Gasteiger partial charge < -0.3 is 10.1 Å². The van der Waals surface area contributed by atoms with Crippen molar-refractivity contribution in [3.8, 4) is 0 Å². The number of carbonyl (C=O) groups is 2. The summed E-state index contributed by atoms with van der Waals surface area (Å²) in [5.74, 6) is 0.218. The molecule has 1 aliphatic rings. The Balaban J connectivity index is 1.29. The van der Waals surface area contributed by atoms with Crippen LogP contribution in [0, 0.1) is 0 Å². The minimum Gasteiger partial charge on any atom is -0.465 e. The monoisotopic (exact) mass is 533 g/mol. The zero-order chi connectivity index (χ0) is 25.9. The predicted octanol–water partition coefficient (Wildman–Crippen LogP) is 5.18. The van der Waals surface area contributed by atoms with Crippen LogP contribution in [0.25, 0.3) is 10.9 Å². The Morgan fingerprint density at radius 2 is 1.92 bits per heavy atom. The molecule has 5 rings (SSSR count). The third-order valence-electron chi connectivity index (χ3n) is 6.68. The summed E-state index contributed by atoms with van der Waals surface area (Å²) in [6, 6.07) is 17.6. The van der Waals surface area contributed by atoms with Crippen LogP contribution in [0.1, 0.15) is 45.1 Å². The van der Waals surface area contributed by atoms with Gasteiger partial charge in [0.25, 0.3) is 5.56 Å². The molecule has 4 aromatic rings. The summed E-state index contributed by atoms with van der Waals surface area (Å²) in [4.78, 5) is 43.9. The number of thiophene rings is 1. The molecule has 0 spiro atoms. The van der Waals surface area contributed by atoms with E-state index in [4.69, 9.17) is 4.74 Å². The number of nitrogens with zero attached hydrogens (tertiary/aromatic N) is 2. The van der Waals surface area contributed by atoms with Crippen molar-refractivity contribution in [1.29, 1.82) is 0 Å². The minimum atomic E-state index is -0.421. The Bertz CT molecular complexity index is 1530. The number of nitrogens with one attached hydrogen (secondary N) is 1. The standard InChI is InChI=1S/C28H27N3O4S2/c1-31-26(33)19-10-6-7-11-21(19)29-28(31)36-15-14-23(32)30-25-24(27(34)35-2)20-13-12-18(16-22(20)37-25)17-8-4-3-5-9-17/h3-11,18H,12-16H2,1-2H3,(H,30,32). The highest BCUT2D eigenvalue weighted by molar-refractivity contribution is 7.99. The molecule has 0 bridgehead atoms. The van der Waals surface area contributed by atoms with Gasteiger partial charge in [-0.25, -0.2) is 9.78 Å². The highest BCUT2D eigenvalue weighted by Gasteiger charge is 2.30. The molecule has 1 aliphatic carbocycles. The molecule has 0 aliphatic heterocycles. The Morgan fingerprint density at radius 1 is 1.16 bits per heavy atom. The molecule has 0 saturated carbocycles. The van der Waals surface area contributed by atoms with Gasteiger partial charge in [-0.05, 0) is 48.4 Å². The van der Waals surface area contributed by atoms with Gasteiger partial charge in [0.05, 0.1) is 23.6 Å². The summed E-state index contributed by atoms with van der Waals surface area (Å²) in [5.41, 5.74) is 3.29. The summed E-state index contributed by atoms with van der Waals surface area (Å²) in [5, 5.41) is 4.64. The smallest absolute Gasteiger partial charge is 0.341 e. The lowest BCUT2D eigenvalue weighted by Gasteiger charge is -2.22. The van der Waals surface area contributed by atoms with Gasteiger partial charge in [-0.2, -0.15) is 0 Å². The number of amides is 1. The number of esters is 1. The molecule has 7 nitrogen and oxygen atoms in total. The van der Waals surface area contributed by atoms with Crippen LogP contribution in [0.5, 0.6) is 0 Å². The molecular weight excluding hydrogens is 506 g/mol. The molecule has 9 heteroatoms. The van der Waals surface area contributed by atoms with Crippen LogP contribution in [0.3, 0.4) is 0 Å². The average molecular weight is 534 g/mol. The number of benzene rings is 2. The number of rotatable bonds is 7. The number of para-hydroxylation sites is 1. The minimum absolute atomic E-state index is 0.113. The summed E-state index contributed by atoms with van der Waals surface area (Å²) < 4.78 is 6.58. The van der Waals surface area contributed by atoms with Gasteiger partial charge in [0.1, 0.15) is 5.00 Å². The third kappa shape index (κ3) is 5.19. The molecule has 0 saturated heterocycles. The lowest BCUT2D eigenvalue weighted by atomic mass is 9.83. The normalized spacial score (nSPS) is 14.8. The fraction of sp³-hybridized carbons (Fsp3) is 0.286. The van der Waals surface area contributed by atoms with Crippen molar-refractivity contribution < 1.29 is 14.3 Å². The Morgan fingerprint density at radius 3 is 2.70 bits per heavy atom. The van der Waals surface area contributed by atoms with E-state index in [0.29, 0.717) is 38.3 Å². The average Bonchev–Trinajstić information content (AvgIpc) is 3.28. The van der Waals surface area contributed by atoms with Gasteiger partial charge in [0.2, 0.25) is 5.91 Å². The highest BCUT2D eigenvalue weighted by atomic mass is 32.2. The van der Waals surface area contributed by atoms with Crippen LogP contribution in [0.4, 0.5) is 5.00 Å². The second-order valence-corrected chi connectivity index (χ2v) is 11.1. The lowest BCUT2D eigenvalue weighted by Crippen LogP contribution is -2.20. The highest BCUT2D eigenvalue weighted by Crippen LogP contribution is 2.42. The zero-order valence-electron chi connectivity index (χ0n) is 20.7. The number of fused-ring (bicyclic) bond motifs is 2. The van der Waals surface area contributed by atoms with Crippen LogP contribution in [0.15, 0.2) is 64.5 Å². The van der Waals surface area contributed by atoms with Crippen molar-refractivity contribution in [2.24, 2.45) is 7.05 Å². The van der Waals surface area contributed by atoms with E-state index in [-0.39, 0.29) is 17.9 Å². The fourth-order valence-electron chi connectivity index (χ4n) is 4.75. The van der Waals surface area contributed by atoms with Crippen LogP contribution < -0.4 is 10.9 Å². The number of aromatic nitrogens is 2. The number of anilines is 1. The maximum atomic E-state index is 12.9. The number of hydrogen-bond donors (Lipinski definition) is 1. The van der Waals surface area contributed by atoms with Crippen molar-refractivity contribution in [1.82, 2.24) is 9.55 Å². The van der Waals surface area contributed by atoms with Gasteiger partial charge in [0, 0.05) is 24.1 Å². The summed E-state index contributed by atoms with van der Waals surface area (Å²) in [6.45, 7) is 0. The molecule has 37 heavy (non-hydrogen) atoms. The van der Waals surface area contributed by atoms with Crippen LogP contribution >= 0.6 is 23.1 Å². The third-order valence-corrected chi connectivity index (χ3v) is 8.88. The zero-order valence-corrected chi connectivity index (χ0v) is 22.3. The maximum Gasteiger partial charge on any atom is 0.341 e. The van der Waals surface area contributed by atoms with Gasteiger partial charge in [-0.3, -0.25) is 14.2 Å². The molecule has 2 aromatic carbocycles. The number of ether oxygens (including phenoxy) is 1. The molecular formula is C28H27N3O4S2. The topological polar surface area (TPSA) is 90.3 Å². The van der Waals surface area contributed by atoms with E-state index >= 15 is 0 Å². The van der Waals surface area contributed by atoms with Crippen molar-refractivity contribution in [2.75, 3.05) is 18.2 Å².